The molecule has 1 atom stereocenters. The minimum absolute atomic E-state index is 0.0414. The Labute approximate surface area is 189 Å². The number of nitrogens with zero attached hydrogens (tertiary/aromatic N) is 3. The Hall–Kier alpha value is -3.29. The van der Waals surface area contributed by atoms with Gasteiger partial charge < -0.3 is 15.4 Å². The number of ether oxygens (including phenoxy) is 1. The van der Waals surface area contributed by atoms with E-state index < -0.39 is 5.82 Å². The van der Waals surface area contributed by atoms with Gasteiger partial charge in [0.1, 0.15) is 11.6 Å². The van der Waals surface area contributed by atoms with Crippen LogP contribution in [0.3, 0.4) is 0 Å². The average Bonchev–Trinajstić information content (AvgIpc) is 3.34. The number of benzene rings is 2. The van der Waals surface area contributed by atoms with Gasteiger partial charge in [0.25, 0.3) is 0 Å². The molecule has 32 heavy (non-hydrogen) atoms. The van der Waals surface area contributed by atoms with E-state index in [1.54, 1.807) is 18.5 Å². The first-order valence-electron chi connectivity index (χ1n) is 10.5. The van der Waals surface area contributed by atoms with Crippen molar-refractivity contribution in [2.45, 2.75) is 18.9 Å². The Morgan fingerprint density at radius 3 is 2.78 bits per heavy atom. The Morgan fingerprint density at radius 2 is 2.00 bits per heavy atom. The lowest BCUT2D eigenvalue weighted by Gasteiger charge is -2.15. The maximum Gasteiger partial charge on any atom is 0.163 e. The number of rotatable bonds is 6. The maximum absolute atomic E-state index is 13.6. The fraction of sp³-hybridized carbons (Fsp3) is 0.208. The molecule has 2 N–H and O–H groups in total. The van der Waals surface area contributed by atoms with Crippen molar-refractivity contribution in [3.63, 3.8) is 0 Å². The molecule has 6 nitrogen and oxygen atoms in total. The van der Waals surface area contributed by atoms with E-state index in [1.165, 1.54) is 12.1 Å². The van der Waals surface area contributed by atoms with Gasteiger partial charge in [-0.3, -0.25) is 4.98 Å². The molecule has 0 radical (unpaired) electrons. The number of aromatic nitrogens is 3. The predicted octanol–water partition coefficient (Wildman–Crippen LogP) is 5.82. The first-order chi connectivity index (χ1) is 15.7. The van der Waals surface area contributed by atoms with Crippen molar-refractivity contribution in [2.75, 3.05) is 23.8 Å². The normalized spacial score (nSPS) is 15.8. The highest BCUT2D eigenvalue weighted by atomic mass is 35.5. The summed E-state index contributed by atoms with van der Waals surface area (Å²) in [6.07, 6.45) is 5.82. The Bertz CT molecular complexity index is 1250. The third-order valence-corrected chi connectivity index (χ3v) is 5.65. The number of halogens is 2. The van der Waals surface area contributed by atoms with Crippen LogP contribution in [0.2, 0.25) is 5.02 Å². The zero-order valence-corrected chi connectivity index (χ0v) is 17.9. The van der Waals surface area contributed by atoms with Gasteiger partial charge in [0.05, 0.1) is 16.6 Å². The minimum Gasteiger partial charge on any atom is -0.382 e. The molecule has 0 spiro atoms. The molecule has 4 aromatic rings. The molecule has 2 aromatic heterocycles. The van der Waals surface area contributed by atoms with Crippen molar-refractivity contribution in [3.05, 3.63) is 71.8 Å². The van der Waals surface area contributed by atoms with E-state index in [0.29, 0.717) is 17.3 Å². The second-order valence-corrected chi connectivity index (χ2v) is 8.05. The Balaban J connectivity index is 1.54. The summed E-state index contributed by atoms with van der Waals surface area (Å²) in [5, 5.41) is 7.59. The van der Waals surface area contributed by atoms with E-state index in [9.17, 15) is 4.39 Å². The van der Waals surface area contributed by atoms with Gasteiger partial charge >= 0.3 is 0 Å². The standard InChI is InChI=1S/C24H21ClFN5O/c25-20-12-17(5-7-21(20)26)29-24-19-11-16(28-14-18-4-2-10-32-18)6-8-22(19)30-23(31-24)15-3-1-9-27-13-15/h1,3,5-9,11-13,18,28H,2,4,10,14H2,(H,29,30,31). The van der Waals surface area contributed by atoms with Crippen molar-refractivity contribution in [2.24, 2.45) is 0 Å². The summed E-state index contributed by atoms with van der Waals surface area (Å²) in [6, 6.07) is 14.2. The molecule has 1 aliphatic heterocycles. The van der Waals surface area contributed by atoms with Crippen LogP contribution < -0.4 is 10.6 Å². The molecular formula is C24H21ClFN5O. The summed E-state index contributed by atoms with van der Waals surface area (Å²) in [4.78, 5) is 13.6. The van der Waals surface area contributed by atoms with E-state index in [-0.39, 0.29) is 11.1 Å². The van der Waals surface area contributed by atoms with Crippen LogP contribution in [0.4, 0.5) is 21.6 Å². The quantitative estimate of drug-likeness (QED) is 0.386. The van der Waals surface area contributed by atoms with E-state index in [4.69, 9.17) is 26.3 Å². The average molecular weight is 450 g/mol. The molecule has 3 heterocycles. The second-order valence-electron chi connectivity index (χ2n) is 7.64. The third kappa shape index (κ3) is 4.49. The smallest absolute Gasteiger partial charge is 0.163 e. The van der Waals surface area contributed by atoms with Crippen molar-refractivity contribution in [3.8, 4) is 11.4 Å². The van der Waals surface area contributed by atoms with Crippen LogP contribution in [0.1, 0.15) is 12.8 Å². The first-order valence-corrected chi connectivity index (χ1v) is 10.8. The van der Waals surface area contributed by atoms with E-state index >= 15 is 0 Å². The van der Waals surface area contributed by atoms with Crippen LogP contribution in [0.5, 0.6) is 0 Å². The summed E-state index contributed by atoms with van der Waals surface area (Å²) in [5.41, 5.74) is 3.16. The molecule has 0 amide bonds. The summed E-state index contributed by atoms with van der Waals surface area (Å²) >= 11 is 5.98. The minimum atomic E-state index is -0.471. The number of hydrogen-bond acceptors (Lipinski definition) is 6. The number of hydrogen-bond donors (Lipinski definition) is 2. The van der Waals surface area contributed by atoms with Crippen molar-refractivity contribution >= 4 is 39.7 Å². The van der Waals surface area contributed by atoms with Gasteiger partial charge in [-0.1, -0.05) is 11.6 Å². The number of fused-ring (bicyclic) bond motifs is 1. The van der Waals surface area contributed by atoms with Crippen molar-refractivity contribution in [1.29, 1.82) is 0 Å². The fourth-order valence-corrected chi connectivity index (χ4v) is 3.89. The number of anilines is 3. The van der Waals surface area contributed by atoms with Crippen molar-refractivity contribution in [1.82, 2.24) is 15.0 Å². The number of nitrogens with one attached hydrogen (secondary N) is 2. The highest BCUT2D eigenvalue weighted by Gasteiger charge is 2.16. The van der Waals surface area contributed by atoms with Crippen molar-refractivity contribution < 1.29 is 9.13 Å². The highest BCUT2D eigenvalue weighted by Crippen LogP contribution is 2.30. The Morgan fingerprint density at radius 1 is 1.09 bits per heavy atom. The lowest BCUT2D eigenvalue weighted by molar-refractivity contribution is 0.120. The molecule has 0 aliphatic carbocycles. The molecule has 0 saturated carbocycles. The van der Waals surface area contributed by atoms with E-state index in [0.717, 1.165) is 48.1 Å². The molecule has 8 heteroatoms. The summed E-state index contributed by atoms with van der Waals surface area (Å²) in [5.74, 6) is 0.667. The highest BCUT2D eigenvalue weighted by molar-refractivity contribution is 6.31. The van der Waals surface area contributed by atoms with Gasteiger partial charge in [-0.05, 0) is 61.4 Å². The van der Waals surface area contributed by atoms with Gasteiger partial charge in [-0.25, -0.2) is 14.4 Å². The zero-order chi connectivity index (χ0) is 21.9. The summed E-state index contributed by atoms with van der Waals surface area (Å²) in [7, 11) is 0. The van der Waals surface area contributed by atoms with Crippen LogP contribution >= 0.6 is 11.6 Å². The summed E-state index contributed by atoms with van der Waals surface area (Å²) in [6.45, 7) is 1.57. The largest absolute Gasteiger partial charge is 0.382 e. The molecule has 1 saturated heterocycles. The SMILES string of the molecule is Fc1ccc(Nc2nc(-c3cccnc3)nc3ccc(NCC4CCCO4)cc23)cc1Cl. The molecule has 1 unspecified atom stereocenters. The molecule has 0 bridgehead atoms. The second kappa shape index (κ2) is 9.06. The monoisotopic (exact) mass is 449 g/mol. The number of pyridine rings is 1. The molecule has 162 valence electrons. The Kier molecular flexibility index (Phi) is 5.83. The zero-order valence-electron chi connectivity index (χ0n) is 17.2. The maximum atomic E-state index is 13.6. The van der Waals surface area contributed by atoms with Gasteiger partial charge in [-0.15, -0.1) is 0 Å². The van der Waals surface area contributed by atoms with Crippen LogP contribution in [0.15, 0.2) is 60.9 Å². The van der Waals surface area contributed by atoms with E-state index in [1.807, 2.05) is 30.3 Å². The van der Waals surface area contributed by atoms with Crippen LogP contribution in [-0.4, -0.2) is 34.2 Å². The first kappa shape index (κ1) is 20.6. The van der Waals surface area contributed by atoms with E-state index in [2.05, 4.69) is 15.6 Å². The van der Waals surface area contributed by atoms with Gasteiger partial charge in [0.15, 0.2) is 5.82 Å². The topological polar surface area (TPSA) is 72.0 Å². The van der Waals surface area contributed by atoms with Gasteiger partial charge in [0, 0.05) is 47.9 Å². The lowest BCUT2D eigenvalue weighted by atomic mass is 10.1. The van der Waals surface area contributed by atoms with Crippen LogP contribution in [0.25, 0.3) is 22.3 Å². The molecule has 2 aromatic carbocycles. The molecule has 1 fully saturated rings. The van der Waals surface area contributed by atoms with Crippen LogP contribution in [0, 0.1) is 5.82 Å². The third-order valence-electron chi connectivity index (χ3n) is 5.36. The lowest BCUT2D eigenvalue weighted by Crippen LogP contribution is -2.18. The molecule has 5 rings (SSSR count). The fourth-order valence-electron chi connectivity index (χ4n) is 3.71. The predicted molar refractivity (Wildman–Crippen MR) is 125 cm³/mol. The molecular weight excluding hydrogens is 429 g/mol. The van der Waals surface area contributed by atoms with Gasteiger partial charge in [0.2, 0.25) is 0 Å². The van der Waals surface area contributed by atoms with Gasteiger partial charge in [-0.2, -0.15) is 0 Å². The van der Waals surface area contributed by atoms with Crippen LogP contribution in [-0.2, 0) is 4.74 Å². The summed E-state index contributed by atoms with van der Waals surface area (Å²) < 4.78 is 19.3. The molecule has 1 aliphatic rings.